The molecule has 3 rings (SSSR count). The molecular weight excluding hydrogens is 376 g/mol. The molecule has 0 aliphatic carbocycles. The molecule has 0 aromatic heterocycles. The van der Waals surface area contributed by atoms with Crippen molar-refractivity contribution < 1.29 is 18.0 Å². The number of hydrogen-bond acceptors (Lipinski definition) is 4. The Morgan fingerprint density at radius 3 is 2.58 bits per heavy atom. The largest absolute Gasteiger partial charge is 0.322 e. The van der Waals surface area contributed by atoms with Gasteiger partial charge in [0.05, 0.1) is 22.7 Å². The standard InChI is InChI=1S/C18H17ClN2O4S/c1-11-18(23)20-15-10-13(26(2,24)25)7-8-16(15)21(11)17(22)9-12-5-3-4-6-14(12)19/h3-8,10-11H,9H2,1-2H3,(H,20,23)/t11-/m0/s1. The molecule has 6 nitrogen and oxygen atoms in total. The summed E-state index contributed by atoms with van der Waals surface area (Å²) in [6.07, 6.45) is 1.12. The van der Waals surface area contributed by atoms with E-state index in [9.17, 15) is 18.0 Å². The number of halogens is 1. The molecule has 0 bridgehead atoms. The fourth-order valence-electron chi connectivity index (χ4n) is 2.86. The predicted molar refractivity (Wildman–Crippen MR) is 100 cm³/mol. The second-order valence-electron chi connectivity index (χ2n) is 6.15. The Balaban J connectivity index is 2.01. The molecule has 2 aromatic carbocycles. The first-order chi connectivity index (χ1) is 12.2. The summed E-state index contributed by atoms with van der Waals surface area (Å²) in [6, 6.07) is 10.6. The van der Waals surface area contributed by atoms with Gasteiger partial charge in [-0.1, -0.05) is 29.8 Å². The number of nitrogens with one attached hydrogen (secondary N) is 1. The maximum Gasteiger partial charge on any atom is 0.247 e. The van der Waals surface area contributed by atoms with E-state index in [-0.39, 0.29) is 23.1 Å². The van der Waals surface area contributed by atoms with Crippen molar-refractivity contribution in [3.05, 3.63) is 53.1 Å². The van der Waals surface area contributed by atoms with Crippen molar-refractivity contribution in [3.8, 4) is 0 Å². The Morgan fingerprint density at radius 1 is 1.23 bits per heavy atom. The number of carbonyl (C=O) groups is 2. The van der Waals surface area contributed by atoms with Crippen LogP contribution in [0, 0.1) is 0 Å². The molecule has 1 aliphatic heterocycles. The molecule has 1 heterocycles. The van der Waals surface area contributed by atoms with E-state index in [1.54, 1.807) is 31.2 Å². The van der Waals surface area contributed by atoms with Crippen molar-refractivity contribution in [2.45, 2.75) is 24.3 Å². The molecule has 1 aliphatic rings. The summed E-state index contributed by atoms with van der Waals surface area (Å²) in [5, 5.41) is 3.13. The van der Waals surface area contributed by atoms with Crippen LogP contribution in [0.5, 0.6) is 0 Å². The minimum absolute atomic E-state index is 0.0323. The van der Waals surface area contributed by atoms with Crippen molar-refractivity contribution in [2.24, 2.45) is 0 Å². The number of nitrogens with zero attached hydrogens (tertiary/aromatic N) is 1. The van der Waals surface area contributed by atoms with Crippen molar-refractivity contribution in [3.63, 3.8) is 0 Å². The molecule has 2 aromatic rings. The van der Waals surface area contributed by atoms with E-state index < -0.39 is 15.9 Å². The van der Waals surface area contributed by atoms with Crippen molar-refractivity contribution in [1.82, 2.24) is 0 Å². The average Bonchev–Trinajstić information content (AvgIpc) is 2.56. The lowest BCUT2D eigenvalue weighted by molar-refractivity contribution is -0.123. The third-order valence-corrected chi connectivity index (χ3v) is 5.73. The highest BCUT2D eigenvalue weighted by atomic mass is 35.5. The van der Waals surface area contributed by atoms with Crippen LogP contribution in [0.25, 0.3) is 0 Å². The van der Waals surface area contributed by atoms with Crippen molar-refractivity contribution >= 4 is 44.6 Å². The van der Waals surface area contributed by atoms with E-state index in [4.69, 9.17) is 11.6 Å². The van der Waals surface area contributed by atoms with Crippen LogP contribution in [0.4, 0.5) is 11.4 Å². The molecule has 0 saturated heterocycles. The van der Waals surface area contributed by atoms with Gasteiger partial charge < -0.3 is 5.32 Å². The van der Waals surface area contributed by atoms with Crippen LogP contribution in [0.2, 0.25) is 5.02 Å². The summed E-state index contributed by atoms with van der Waals surface area (Å²) in [6.45, 7) is 1.62. The minimum Gasteiger partial charge on any atom is -0.322 e. The van der Waals surface area contributed by atoms with Gasteiger partial charge in [0, 0.05) is 11.3 Å². The smallest absolute Gasteiger partial charge is 0.247 e. The number of fused-ring (bicyclic) bond motifs is 1. The fourth-order valence-corrected chi connectivity index (χ4v) is 3.71. The maximum atomic E-state index is 12.9. The van der Waals surface area contributed by atoms with Crippen LogP contribution in [-0.4, -0.2) is 32.5 Å². The summed E-state index contributed by atoms with van der Waals surface area (Å²) in [5.41, 5.74) is 1.41. The molecule has 26 heavy (non-hydrogen) atoms. The van der Waals surface area contributed by atoms with Gasteiger partial charge in [-0.3, -0.25) is 14.5 Å². The number of benzene rings is 2. The van der Waals surface area contributed by atoms with Gasteiger partial charge in [-0.15, -0.1) is 0 Å². The molecule has 2 amide bonds. The van der Waals surface area contributed by atoms with Gasteiger partial charge in [0.15, 0.2) is 9.84 Å². The maximum absolute atomic E-state index is 12.9. The second-order valence-corrected chi connectivity index (χ2v) is 8.57. The second kappa shape index (κ2) is 6.74. The fraction of sp³-hybridized carbons (Fsp3) is 0.222. The van der Waals surface area contributed by atoms with Gasteiger partial charge in [0.1, 0.15) is 6.04 Å². The number of rotatable bonds is 3. The highest BCUT2D eigenvalue weighted by Crippen LogP contribution is 2.34. The van der Waals surface area contributed by atoms with Gasteiger partial charge in [0.2, 0.25) is 11.8 Å². The lowest BCUT2D eigenvalue weighted by Crippen LogP contribution is -2.50. The number of sulfone groups is 1. The molecule has 0 saturated carbocycles. The zero-order chi connectivity index (χ0) is 19.1. The topological polar surface area (TPSA) is 83.6 Å². The summed E-state index contributed by atoms with van der Waals surface area (Å²) in [4.78, 5) is 26.6. The molecule has 0 spiro atoms. The molecule has 136 valence electrons. The van der Waals surface area contributed by atoms with Crippen LogP contribution in [0.3, 0.4) is 0 Å². The third-order valence-electron chi connectivity index (χ3n) is 4.25. The van der Waals surface area contributed by atoms with Crippen LogP contribution in [-0.2, 0) is 25.8 Å². The molecule has 0 fully saturated rings. The molecule has 1 N–H and O–H groups in total. The molecule has 0 radical (unpaired) electrons. The normalized spacial score (nSPS) is 16.8. The van der Waals surface area contributed by atoms with Gasteiger partial charge >= 0.3 is 0 Å². The molecule has 8 heteroatoms. The van der Waals surface area contributed by atoms with Crippen LogP contribution in [0.15, 0.2) is 47.4 Å². The highest BCUT2D eigenvalue weighted by molar-refractivity contribution is 7.90. The summed E-state index contributed by atoms with van der Waals surface area (Å²) >= 11 is 6.13. The van der Waals surface area contributed by atoms with Gasteiger partial charge in [0.25, 0.3) is 0 Å². The molecule has 0 unspecified atom stereocenters. The van der Waals surface area contributed by atoms with E-state index in [0.29, 0.717) is 22.0 Å². The van der Waals surface area contributed by atoms with Gasteiger partial charge in [-0.25, -0.2) is 8.42 Å². The van der Waals surface area contributed by atoms with Crippen molar-refractivity contribution in [2.75, 3.05) is 16.5 Å². The first-order valence-corrected chi connectivity index (χ1v) is 10.2. The van der Waals surface area contributed by atoms with E-state index in [0.717, 1.165) is 6.26 Å². The van der Waals surface area contributed by atoms with Crippen LogP contribution in [0.1, 0.15) is 12.5 Å². The van der Waals surface area contributed by atoms with Gasteiger partial charge in [-0.2, -0.15) is 0 Å². The first-order valence-electron chi connectivity index (χ1n) is 7.89. The van der Waals surface area contributed by atoms with Crippen LogP contribution >= 0.6 is 11.6 Å². The SMILES string of the molecule is C[C@H]1C(=O)Nc2cc(S(C)(=O)=O)ccc2N1C(=O)Cc1ccccc1Cl. The Morgan fingerprint density at radius 2 is 1.92 bits per heavy atom. The Bertz CT molecular complexity index is 1000. The Kier molecular flexibility index (Phi) is 4.77. The lowest BCUT2D eigenvalue weighted by atomic mass is 10.1. The van der Waals surface area contributed by atoms with Crippen molar-refractivity contribution in [1.29, 1.82) is 0 Å². The monoisotopic (exact) mass is 392 g/mol. The van der Waals surface area contributed by atoms with E-state index in [1.807, 2.05) is 0 Å². The lowest BCUT2D eigenvalue weighted by Gasteiger charge is -2.35. The van der Waals surface area contributed by atoms with E-state index in [1.165, 1.54) is 23.1 Å². The summed E-state index contributed by atoms with van der Waals surface area (Å²) in [5.74, 6) is -0.676. The highest BCUT2D eigenvalue weighted by Gasteiger charge is 2.34. The summed E-state index contributed by atoms with van der Waals surface area (Å²) in [7, 11) is -3.43. The average molecular weight is 393 g/mol. The number of amides is 2. The third kappa shape index (κ3) is 3.45. The van der Waals surface area contributed by atoms with E-state index >= 15 is 0 Å². The first kappa shape index (κ1) is 18.4. The van der Waals surface area contributed by atoms with Crippen LogP contribution < -0.4 is 10.2 Å². The number of hydrogen-bond donors (Lipinski definition) is 1. The Hall–Kier alpha value is -2.38. The van der Waals surface area contributed by atoms with Gasteiger partial charge in [-0.05, 0) is 36.8 Å². The molecular formula is C18H17ClN2O4S. The predicted octanol–water partition coefficient (Wildman–Crippen LogP) is 2.66. The number of anilines is 2. The number of carbonyl (C=O) groups excluding carboxylic acids is 2. The zero-order valence-electron chi connectivity index (χ0n) is 14.2. The summed E-state index contributed by atoms with van der Waals surface area (Å²) < 4.78 is 23.5. The molecule has 1 atom stereocenters. The van der Waals surface area contributed by atoms with E-state index in [2.05, 4.69) is 5.32 Å². The quantitative estimate of drug-likeness (QED) is 0.870. The minimum atomic E-state index is -3.43. The zero-order valence-corrected chi connectivity index (χ0v) is 15.8. The Labute approximate surface area is 156 Å².